The molecule has 0 radical (unpaired) electrons. The Morgan fingerprint density at radius 2 is 2.22 bits per heavy atom. The molecule has 3 rings (SSSR count). The third kappa shape index (κ3) is 1.98. The molecule has 1 spiro atoms. The Hall–Kier alpha value is -1.17. The van der Waals surface area contributed by atoms with Crippen LogP contribution in [-0.2, 0) is 9.47 Å². The van der Waals surface area contributed by atoms with Crippen LogP contribution in [0.2, 0.25) is 5.02 Å². The number of hydrogen-bond donors (Lipinski definition) is 0. The van der Waals surface area contributed by atoms with Crippen LogP contribution in [-0.4, -0.2) is 47.9 Å². The molecule has 2 aliphatic rings. The Kier molecular flexibility index (Phi) is 2.97. The summed E-state index contributed by atoms with van der Waals surface area (Å²) < 4.78 is 11.2. The lowest BCUT2D eigenvalue weighted by atomic mass is 10.2. The van der Waals surface area contributed by atoms with E-state index >= 15 is 0 Å². The lowest BCUT2D eigenvalue weighted by molar-refractivity contribution is -0.143. The maximum absolute atomic E-state index is 12.3. The molecule has 5 nitrogen and oxygen atoms in total. The van der Waals surface area contributed by atoms with Crippen LogP contribution >= 0.6 is 11.6 Å². The summed E-state index contributed by atoms with van der Waals surface area (Å²) in [4.78, 5) is 17.9. The zero-order valence-electron chi connectivity index (χ0n) is 9.76. The number of carbonyl (C=O) groups is 1. The van der Waals surface area contributed by atoms with E-state index in [2.05, 4.69) is 4.98 Å². The molecule has 2 aliphatic heterocycles. The molecule has 1 aromatic rings. The van der Waals surface area contributed by atoms with Crippen LogP contribution in [0.15, 0.2) is 18.5 Å². The van der Waals surface area contributed by atoms with Crippen LogP contribution < -0.4 is 0 Å². The molecule has 0 aromatic carbocycles. The number of ether oxygens (including phenoxy) is 2. The van der Waals surface area contributed by atoms with Crippen molar-refractivity contribution in [3.05, 3.63) is 29.0 Å². The maximum Gasteiger partial charge on any atom is 0.255 e. The lowest BCUT2D eigenvalue weighted by Gasteiger charge is -2.22. The number of halogens is 1. The lowest BCUT2D eigenvalue weighted by Crippen LogP contribution is -2.37. The van der Waals surface area contributed by atoms with Crippen molar-refractivity contribution in [1.29, 1.82) is 0 Å². The van der Waals surface area contributed by atoms with E-state index in [0.29, 0.717) is 43.3 Å². The Bertz CT molecular complexity index is 474. The molecule has 0 aliphatic carbocycles. The molecule has 0 unspecified atom stereocenters. The minimum absolute atomic E-state index is 0.0987. The van der Waals surface area contributed by atoms with E-state index in [1.165, 1.54) is 6.20 Å². The Balaban J connectivity index is 1.77. The van der Waals surface area contributed by atoms with Gasteiger partial charge in [0.1, 0.15) is 0 Å². The summed E-state index contributed by atoms with van der Waals surface area (Å²) >= 11 is 5.98. The topological polar surface area (TPSA) is 51.7 Å². The molecule has 1 amide bonds. The molecule has 0 N–H and O–H groups in total. The van der Waals surface area contributed by atoms with E-state index in [0.717, 1.165) is 0 Å². The zero-order valence-corrected chi connectivity index (χ0v) is 10.5. The van der Waals surface area contributed by atoms with Gasteiger partial charge < -0.3 is 14.4 Å². The highest BCUT2D eigenvalue weighted by Gasteiger charge is 2.45. The normalized spacial score (nSPS) is 21.7. The predicted molar refractivity (Wildman–Crippen MR) is 64.4 cm³/mol. The molecule has 0 bridgehead atoms. The first-order valence-corrected chi connectivity index (χ1v) is 6.25. The highest BCUT2D eigenvalue weighted by atomic mass is 35.5. The van der Waals surface area contributed by atoms with Crippen LogP contribution in [0.1, 0.15) is 16.8 Å². The van der Waals surface area contributed by atoms with Gasteiger partial charge >= 0.3 is 0 Å². The third-order valence-electron chi connectivity index (χ3n) is 3.30. The van der Waals surface area contributed by atoms with Crippen LogP contribution in [0.4, 0.5) is 0 Å². The Morgan fingerprint density at radius 3 is 2.94 bits per heavy atom. The van der Waals surface area contributed by atoms with Crippen molar-refractivity contribution in [1.82, 2.24) is 9.88 Å². The Labute approximate surface area is 110 Å². The van der Waals surface area contributed by atoms with Gasteiger partial charge in [0, 0.05) is 25.4 Å². The van der Waals surface area contributed by atoms with E-state index in [1.807, 2.05) is 0 Å². The molecule has 18 heavy (non-hydrogen) atoms. The van der Waals surface area contributed by atoms with E-state index in [1.54, 1.807) is 17.2 Å². The minimum Gasteiger partial charge on any atom is -0.346 e. The average molecular weight is 269 g/mol. The quantitative estimate of drug-likeness (QED) is 0.771. The average Bonchev–Trinajstić information content (AvgIpc) is 3.00. The zero-order chi connectivity index (χ0) is 12.6. The summed E-state index contributed by atoms with van der Waals surface area (Å²) in [6.45, 7) is 2.28. The summed E-state index contributed by atoms with van der Waals surface area (Å²) in [5.41, 5.74) is 0.474. The Morgan fingerprint density at radius 1 is 1.44 bits per heavy atom. The molecular weight excluding hydrogens is 256 g/mol. The molecule has 6 heteroatoms. The van der Waals surface area contributed by atoms with Crippen LogP contribution in [0.3, 0.4) is 0 Å². The number of nitrogens with zero attached hydrogens (tertiary/aromatic N) is 2. The first-order valence-electron chi connectivity index (χ1n) is 5.87. The first kappa shape index (κ1) is 11.9. The number of pyridine rings is 1. The summed E-state index contributed by atoms with van der Waals surface area (Å²) in [5, 5.41) is 0.372. The summed E-state index contributed by atoms with van der Waals surface area (Å²) in [6, 6.07) is 1.63. The fourth-order valence-corrected chi connectivity index (χ4v) is 2.58. The van der Waals surface area contributed by atoms with Gasteiger partial charge in [-0.25, -0.2) is 0 Å². The van der Waals surface area contributed by atoms with E-state index in [9.17, 15) is 4.79 Å². The van der Waals surface area contributed by atoms with Gasteiger partial charge in [-0.2, -0.15) is 0 Å². The van der Waals surface area contributed by atoms with E-state index in [4.69, 9.17) is 21.1 Å². The molecule has 3 heterocycles. The van der Waals surface area contributed by atoms with Gasteiger partial charge in [-0.3, -0.25) is 9.78 Å². The van der Waals surface area contributed by atoms with Crippen molar-refractivity contribution < 1.29 is 14.3 Å². The summed E-state index contributed by atoms with van der Waals surface area (Å²) in [7, 11) is 0. The van der Waals surface area contributed by atoms with E-state index < -0.39 is 5.79 Å². The predicted octanol–water partition coefficient (Wildman–Crippen LogP) is 1.32. The molecule has 0 atom stereocenters. The molecule has 1 aromatic heterocycles. The number of hydrogen-bond acceptors (Lipinski definition) is 4. The largest absolute Gasteiger partial charge is 0.346 e. The van der Waals surface area contributed by atoms with Gasteiger partial charge in [0.2, 0.25) is 0 Å². The van der Waals surface area contributed by atoms with Crippen LogP contribution in [0.25, 0.3) is 0 Å². The highest BCUT2D eigenvalue weighted by Crippen LogP contribution is 2.31. The molecular formula is C12H13ClN2O3. The van der Waals surface area contributed by atoms with Gasteiger partial charge in [0.15, 0.2) is 5.79 Å². The first-order chi connectivity index (χ1) is 8.70. The molecule has 2 saturated heterocycles. The second-order valence-electron chi connectivity index (χ2n) is 4.44. The monoisotopic (exact) mass is 268 g/mol. The summed E-state index contributed by atoms with van der Waals surface area (Å²) in [5.74, 6) is -0.687. The standard InChI is InChI=1S/C12H13ClN2O3/c13-10-7-14-3-1-9(10)11(16)15-4-2-12(8-15)17-5-6-18-12/h1,3,7H,2,4-6,8H2. The van der Waals surface area contributed by atoms with Gasteiger partial charge in [0.05, 0.1) is 30.3 Å². The maximum atomic E-state index is 12.3. The van der Waals surface area contributed by atoms with Gasteiger partial charge in [-0.05, 0) is 6.07 Å². The minimum atomic E-state index is -0.588. The fourth-order valence-electron chi connectivity index (χ4n) is 2.38. The van der Waals surface area contributed by atoms with Crippen LogP contribution in [0.5, 0.6) is 0 Å². The number of likely N-dealkylation sites (tertiary alicyclic amines) is 1. The highest BCUT2D eigenvalue weighted by molar-refractivity contribution is 6.33. The van der Waals surface area contributed by atoms with E-state index in [-0.39, 0.29) is 5.91 Å². The van der Waals surface area contributed by atoms with Crippen molar-refractivity contribution in [2.24, 2.45) is 0 Å². The molecule has 2 fully saturated rings. The van der Waals surface area contributed by atoms with Gasteiger partial charge in [-0.15, -0.1) is 0 Å². The fraction of sp³-hybridized carbons (Fsp3) is 0.500. The molecule has 96 valence electrons. The van der Waals surface area contributed by atoms with Gasteiger partial charge in [-0.1, -0.05) is 11.6 Å². The number of carbonyl (C=O) groups excluding carboxylic acids is 1. The second kappa shape index (κ2) is 4.50. The smallest absolute Gasteiger partial charge is 0.255 e. The van der Waals surface area contributed by atoms with Crippen molar-refractivity contribution in [2.75, 3.05) is 26.3 Å². The van der Waals surface area contributed by atoms with Crippen molar-refractivity contribution in [3.8, 4) is 0 Å². The number of amides is 1. The molecule has 0 saturated carbocycles. The van der Waals surface area contributed by atoms with Gasteiger partial charge in [0.25, 0.3) is 5.91 Å². The van der Waals surface area contributed by atoms with Crippen molar-refractivity contribution in [2.45, 2.75) is 12.2 Å². The number of rotatable bonds is 1. The SMILES string of the molecule is O=C(c1ccncc1Cl)N1CCC2(C1)OCCO2. The van der Waals surface area contributed by atoms with Crippen LogP contribution in [0, 0.1) is 0 Å². The van der Waals surface area contributed by atoms with Crippen molar-refractivity contribution >= 4 is 17.5 Å². The second-order valence-corrected chi connectivity index (χ2v) is 4.85. The van der Waals surface area contributed by atoms with Crippen molar-refractivity contribution in [3.63, 3.8) is 0 Å². The summed E-state index contributed by atoms with van der Waals surface area (Å²) in [6.07, 6.45) is 3.75. The number of aromatic nitrogens is 1. The third-order valence-corrected chi connectivity index (χ3v) is 3.60.